The molecule has 0 fully saturated rings. The lowest BCUT2D eigenvalue weighted by atomic mass is 10.1. The van der Waals surface area contributed by atoms with Crippen LogP contribution < -0.4 is 0 Å². The molecule has 0 aromatic carbocycles. The van der Waals surface area contributed by atoms with Crippen LogP contribution >= 0.6 is 7.82 Å². The van der Waals surface area contributed by atoms with Gasteiger partial charge >= 0.3 is 19.8 Å². The Hall–Kier alpha value is -3.33. The lowest BCUT2D eigenvalue weighted by Crippen LogP contribution is -2.37. The van der Waals surface area contributed by atoms with Crippen molar-refractivity contribution in [3.63, 3.8) is 0 Å². The molecule has 0 saturated heterocycles. The van der Waals surface area contributed by atoms with E-state index in [2.05, 4.69) is 123 Å². The van der Waals surface area contributed by atoms with E-state index in [0.717, 1.165) is 103 Å². The number of carbonyl (C=O) groups is 2. The van der Waals surface area contributed by atoms with Crippen molar-refractivity contribution in [2.75, 3.05) is 47.5 Å². The Morgan fingerprint density at radius 2 is 0.919 bits per heavy atom. The Bertz CT molecular complexity index is 1420. The van der Waals surface area contributed by atoms with E-state index >= 15 is 0 Å². The summed E-state index contributed by atoms with van der Waals surface area (Å²) in [6, 6.07) is 0. The summed E-state index contributed by atoms with van der Waals surface area (Å²) < 4.78 is 34.1. The molecule has 0 heterocycles. The molecule has 62 heavy (non-hydrogen) atoms. The second kappa shape index (κ2) is 42.9. The number of quaternary nitrogens is 1. The average molecular weight is 885 g/mol. The van der Waals surface area contributed by atoms with Crippen LogP contribution in [0.1, 0.15) is 155 Å². The highest BCUT2D eigenvalue weighted by atomic mass is 31.2. The number of carbonyl (C=O) groups excluding carboxylic acids is 2. The maximum atomic E-state index is 12.7. The zero-order valence-electron chi connectivity index (χ0n) is 39.6. The number of likely N-dealkylation sites (N-methyl/N-ethyl adjacent to an activating group) is 1. The number of phosphoric acid groups is 1. The van der Waals surface area contributed by atoms with E-state index < -0.39 is 26.5 Å². The fourth-order valence-electron chi connectivity index (χ4n) is 5.65. The first-order valence-corrected chi connectivity index (χ1v) is 25.1. The third-order valence-electron chi connectivity index (χ3n) is 9.32. The second-order valence-electron chi connectivity index (χ2n) is 16.4. The molecule has 352 valence electrons. The van der Waals surface area contributed by atoms with Gasteiger partial charge in [-0.3, -0.25) is 18.6 Å². The molecule has 10 heteroatoms. The monoisotopic (exact) mass is 885 g/mol. The van der Waals surface area contributed by atoms with Gasteiger partial charge in [-0.1, -0.05) is 168 Å². The number of phosphoric ester groups is 1. The van der Waals surface area contributed by atoms with Gasteiger partial charge in [0, 0.05) is 12.8 Å². The molecule has 0 amide bonds. The standard InChI is InChI=1S/C52H86NO8P/c1-6-8-10-12-14-15-16-17-18-19-20-21-22-23-24-25-26-27-28-29-30-31-32-33-34-35-36-37-39-41-43-45-52(55)61-50(49-60-62(56,57)59-47-46-53(3,4)5)48-58-51(54)44-42-40-38-13-11-9-7-2/h8,10,14-15,17-18,20-21,23-24,26-27,29-30,32-33,35-36,50H,6-7,9,11-13,16,19,22,25,28,31,34,37-49H2,1-5H3/p+1/b10-8-,15-14-,18-17-,21-20-,24-23-,27-26-,30-29-,33-32-,36-35-. The summed E-state index contributed by atoms with van der Waals surface area (Å²) in [5.74, 6) is -0.855. The van der Waals surface area contributed by atoms with Crippen molar-refractivity contribution in [1.82, 2.24) is 0 Å². The average Bonchev–Trinajstić information content (AvgIpc) is 3.23. The molecule has 2 atom stereocenters. The Balaban J connectivity index is 4.25. The van der Waals surface area contributed by atoms with Crippen LogP contribution in [0.25, 0.3) is 0 Å². The fraction of sp³-hybridized carbons (Fsp3) is 0.615. The Morgan fingerprint density at radius 1 is 0.516 bits per heavy atom. The predicted molar refractivity (Wildman–Crippen MR) is 261 cm³/mol. The van der Waals surface area contributed by atoms with Crippen LogP contribution in [0.3, 0.4) is 0 Å². The topological polar surface area (TPSA) is 108 Å². The molecule has 0 saturated carbocycles. The summed E-state index contributed by atoms with van der Waals surface area (Å²) in [6.07, 6.45) is 58.9. The van der Waals surface area contributed by atoms with Gasteiger partial charge in [0.2, 0.25) is 0 Å². The number of nitrogens with zero attached hydrogens (tertiary/aromatic N) is 1. The Labute approximate surface area is 378 Å². The first kappa shape index (κ1) is 58.7. The van der Waals surface area contributed by atoms with Crippen LogP contribution in [0.2, 0.25) is 0 Å². The van der Waals surface area contributed by atoms with Crippen molar-refractivity contribution in [1.29, 1.82) is 0 Å². The number of unbranched alkanes of at least 4 members (excludes halogenated alkanes) is 9. The Morgan fingerprint density at radius 3 is 1.37 bits per heavy atom. The summed E-state index contributed by atoms with van der Waals surface area (Å²) in [6.45, 7) is 4.18. The number of rotatable bonds is 41. The SMILES string of the molecule is CC/C=C\C/C=C\C/C=C\C/C=C\C/C=C\C/C=C\C/C=C\C/C=C\C/C=C\CCCCCC(=O)OC(COC(=O)CCCCCCCCC)COP(=O)(O)OCC[N+](C)(C)C. The largest absolute Gasteiger partial charge is 0.472 e. The van der Waals surface area contributed by atoms with E-state index in [-0.39, 0.29) is 32.0 Å². The summed E-state index contributed by atoms with van der Waals surface area (Å²) in [5, 5.41) is 0. The molecule has 0 aliphatic rings. The molecule has 2 unspecified atom stereocenters. The summed E-state index contributed by atoms with van der Waals surface area (Å²) >= 11 is 0. The minimum atomic E-state index is -4.39. The van der Waals surface area contributed by atoms with E-state index in [1.54, 1.807) is 0 Å². The smallest absolute Gasteiger partial charge is 0.462 e. The van der Waals surface area contributed by atoms with Crippen LogP contribution in [0.15, 0.2) is 109 Å². The van der Waals surface area contributed by atoms with Gasteiger partial charge in [-0.2, -0.15) is 0 Å². The molecule has 0 bridgehead atoms. The highest BCUT2D eigenvalue weighted by Crippen LogP contribution is 2.43. The molecule has 0 aromatic heterocycles. The van der Waals surface area contributed by atoms with E-state index in [4.69, 9.17) is 18.5 Å². The molecule has 0 aliphatic carbocycles. The normalized spacial score (nSPS) is 14.5. The Kier molecular flexibility index (Phi) is 40.6. The summed E-state index contributed by atoms with van der Waals surface area (Å²) in [5.41, 5.74) is 0. The zero-order chi connectivity index (χ0) is 45.7. The zero-order valence-corrected chi connectivity index (χ0v) is 40.4. The molecular weight excluding hydrogens is 798 g/mol. The van der Waals surface area contributed by atoms with E-state index in [9.17, 15) is 19.0 Å². The molecular formula is C52H87NO8P+. The predicted octanol–water partition coefficient (Wildman–Crippen LogP) is 13.9. The number of esters is 2. The number of hydrogen-bond donors (Lipinski definition) is 1. The maximum absolute atomic E-state index is 12.7. The van der Waals surface area contributed by atoms with Crippen molar-refractivity contribution in [3.05, 3.63) is 109 Å². The lowest BCUT2D eigenvalue weighted by Gasteiger charge is -2.24. The fourth-order valence-corrected chi connectivity index (χ4v) is 6.39. The van der Waals surface area contributed by atoms with Gasteiger partial charge in [-0.25, -0.2) is 4.57 Å². The number of allylic oxidation sites excluding steroid dienone is 18. The highest BCUT2D eigenvalue weighted by Gasteiger charge is 2.27. The first-order valence-electron chi connectivity index (χ1n) is 23.6. The molecule has 9 nitrogen and oxygen atoms in total. The maximum Gasteiger partial charge on any atom is 0.472 e. The molecule has 0 radical (unpaired) electrons. The van der Waals surface area contributed by atoms with Crippen molar-refractivity contribution in [2.24, 2.45) is 0 Å². The second-order valence-corrected chi connectivity index (χ2v) is 17.9. The third-order valence-corrected chi connectivity index (χ3v) is 10.3. The van der Waals surface area contributed by atoms with Crippen LogP contribution in [0.5, 0.6) is 0 Å². The van der Waals surface area contributed by atoms with Crippen molar-refractivity contribution < 1.29 is 42.1 Å². The third kappa shape index (κ3) is 46.2. The van der Waals surface area contributed by atoms with Gasteiger partial charge in [-0.15, -0.1) is 0 Å². The lowest BCUT2D eigenvalue weighted by molar-refractivity contribution is -0.870. The molecule has 0 aliphatic heterocycles. The minimum absolute atomic E-state index is 0.0193. The quantitative estimate of drug-likeness (QED) is 0.0213. The van der Waals surface area contributed by atoms with Gasteiger partial charge in [0.25, 0.3) is 0 Å². The van der Waals surface area contributed by atoms with Gasteiger partial charge in [0.1, 0.15) is 19.8 Å². The molecule has 0 aromatic rings. The van der Waals surface area contributed by atoms with Crippen LogP contribution in [0.4, 0.5) is 0 Å². The molecule has 1 N–H and O–H groups in total. The first-order chi connectivity index (χ1) is 30.0. The summed E-state index contributed by atoms with van der Waals surface area (Å²) in [4.78, 5) is 35.2. The van der Waals surface area contributed by atoms with Crippen molar-refractivity contribution >= 4 is 19.8 Å². The van der Waals surface area contributed by atoms with E-state index in [0.29, 0.717) is 17.4 Å². The highest BCUT2D eigenvalue weighted by molar-refractivity contribution is 7.47. The van der Waals surface area contributed by atoms with Crippen molar-refractivity contribution in [3.8, 4) is 0 Å². The minimum Gasteiger partial charge on any atom is -0.462 e. The van der Waals surface area contributed by atoms with Crippen molar-refractivity contribution in [2.45, 2.75) is 161 Å². The molecule has 0 rings (SSSR count). The van der Waals surface area contributed by atoms with Gasteiger partial charge in [-0.05, 0) is 83.5 Å². The van der Waals surface area contributed by atoms with Gasteiger partial charge in [0.15, 0.2) is 6.10 Å². The van der Waals surface area contributed by atoms with Crippen LogP contribution in [-0.2, 0) is 32.7 Å². The van der Waals surface area contributed by atoms with E-state index in [1.165, 1.54) is 19.3 Å². The molecule has 0 spiro atoms. The van der Waals surface area contributed by atoms with Crippen LogP contribution in [0, 0.1) is 0 Å². The van der Waals surface area contributed by atoms with Gasteiger partial charge < -0.3 is 18.9 Å². The summed E-state index contributed by atoms with van der Waals surface area (Å²) in [7, 11) is 1.43. The van der Waals surface area contributed by atoms with E-state index in [1.807, 2.05) is 21.1 Å². The number of ether oxygens (including phenoxy) is 2. The van der Waals surface area contributed by atoms with Crippen LogP contribution in [-0.4, -0.2) is 74.9 Å². The van der Waals surface area contributed by atoms with Gasteiger partial charge in [0.05, 0.1) is 27.7 Å². The number of hydrogen-bond acceptors (Lipinski definition) is 7.